The number of rotatable bonds is 3. The van der Waals surface area contributed by atoms with Crippen LogP contribution in [0.4, 0.5) is 5.82 Å². The first-order valence-corrected chi connectivity index (χ1v) is 6.20. The van der Waals surface area contributed by atoms with Gasteiger partial charge < -0.3 is 20.5 Å². The molecule has 0 amide bonds. The molecule has 1 aromatic rings. The first-order valence-electron chi connectivity index (χ1n) is 6.20. The molecule has 1 aliphatic heterocycles. The summed E-state index contributed by atoms with van der Waals surface area (Å²) in [5, 5.41) is 25.2. The summed E-state index contributed by atoms with van der Waals surface area (Å²) in [5.74, 6) is 0.579. The fourth-order valence-corrected chi connectivity index (χ4v) is 2.16. The van der Waals surface area contributed by atoms with Crippen LogP contribution in [0.2, 0.25) is 0 Å². The van der Waals surface area contributed by atoms with Crippen molar-refractivity contribution in [1.29, 1.82) is 5.41 Å². The van der Waals surface area contributed by atoms with Crippen LogP contribution in [0.1, 0.15) is 16.8 Å². The number of hydrogen-bond acceptors (Lipinski definition) is 6. The number of ether oxygens (including phenoxy) is 1. The van der Waals surface area contributed by atoms with Gasteiger partial charge in [-0.25, -0.2) is 0 Å². The minimum atomic E-state index is -0.239. The molecule has 0 radical (unpaired) electrons. The quantitative estimate of drug-likeness (QED) is 0.506. The summed E-state index contributed by atoms with van der Waals surface area (Å²) in [5.41, 5.74) is 7.91. The van der Waals surface area contributed by atoms with E-state index in [0.717, 1.165) is 11.3 Å². The molecule has 1 atom stereocenters. The van der Waals surface area contributed by atoms with Gasteiger partial charge in [-0.1, -0.05) is 0 Å². The smallest absolute Gasteiger partial charge is 0.162 e. The molecule has 0 bridgehead atoms. The first kappa shape index (κ1) is 13.7. The Bertz CT molecular complexity index is 491. The maximum absolute atomic E-state index is 9.18. The third-order valence-electron chi connectivity index (χ3n) is 3.35. The average molecular weight is 265 g/mol. The fraction of sp³-hybridized carbons (Fsp3) is 0.583. The van der Waals surface area contributed by atoms with E-state index in [0.29, 0.717) is 31.1 Å². The van der Waals surface area contributed by atoms with Gasteiger partial charge >= 0.3 is 0 Å². The van der Waals surface area contributed by atoms with E-state index in [1.54, 1.807) is 0 Å². The van der Waals surface area contributed by atoms with E-state index in [1.165, 1.54) is 0 Å². The third kappa shape index (κ3) is 2.66. The van der Waals surface area contributed by atoms with Crippen molar-refractivity contribution in [2.75, 3.05) is 31.2 Å². The SMILES string of the molecule is Cc1nnc(N2CCOC(CO)C2)c(C(=N)N)c1C. The summed E-state index contributed by atoms with van der Waals surface area (Å²) < 4.78 is 5.41. The Hall–Kier alpha value is -1.73. The Morgan fingerprint density at radius 3 is 2.89 bits per heavy atom. The Morgan fingerprint density at radius 2 is 2.26 bits per heavy atom. The number of hydrogen-bond donors (Lipinski definition) is 3. The minimum Gasteiger partial charge on any atom is -0.394 e. The van der Waals surface area contributed by atoms with Crippen LogP contribution in [-0.4, -0.2) is 53.5 Å². The minimum absolute atomic E-state index is 0.0162. The lowest BCUT2D eigenvalue weighted by molar-refractivity contribution is 0.00331. The zero-order valence-corrected chi connectivity index (χ0v) is 11.2. The highest BCUT2D eigenvalue weighted by Gasteiger charge is 2.25. The predicted octanol–water partition coefficient (Wildman–Crippen LogP) is -0.425. The molecule has 1 fully saturated rings. The summed E-state index contributed by atoms with van der Waals surface area (Å²) in [6.07, 6.45) is -0.239. The Labute approximate surface area is 111 Å². The van der Waals surface area contributed by atoms with Crippen LogP contribution >= 0.6 is 0 Å². The second-order valence-corrected chi connectivity index (χ2v) is 4.64. The highest BCUT2D eigenvalue weighted by atomic mass is 16.5. The van der Waals surface area contributed by atoms with Gasteiger partial charge in [0, 0.05) is 13.1 Å². The van der Waals surface area contributed by atoms with Crippen LogP contribution in [-0.2, 0) is 4.74 Å². The van der Waals surface area contributed by atoms with E-state index < -0.39 is 0 Å². The van der Waals surface area contributed by atoms with Gasteiger partial charge in [-0.2, -0.15) is 5.10 Å². The van der Waals surface area contributed by atoms with Crippen LogP contribution in [0.25, 0.3) is 0 Å². The molecule has 0 spiro atoms. The Balaban J connectivity index is 2.39. The summed E-state index contributed by atoms with van der Waals surface area (Å²) in [7, 11) is 0. The number of nitrogens with two attached hydrogens (primary N) is 1. The Morgan fingerprint density at radius 1 is 1.53 bits per heavy atom. The number of nitrogens with zero attached hydrogens (tertiary/aromatic N) is 3. The molecular formula is C12H19N5O2. The maximum atomic E-state index is 9.18. The van der Waals surface area contributed by atoms with Crippen LogP contribution < -0.4 is 10.6 Å². The van der Waals surface area contributed by atoms with Gasteiger partial charge in [0.25, 0.3) is 0 Å². The van der Waals surface area contributed by atoms with E-state index in [2.05, 4.69) is 10.2 Å². The molecule has 7 heteroatoms. The van der Waals surface area contributed by atoms with E-state index in [1.807, 2.05) is 18.7 Å². The number of aliphatic hydroxyl groups is 1. The number of aryl methyl sites for hydroxylation is 1. The molecule has 4 N–H and O–H groups in total. The number of nitrogens with one attached hydrogen (secondary N) is 1. The van der Waals surface area contributed by atoms with Gasteiger partial charge in [-0.05, 0) is 19.4 Å². The third-order valence-corrected chi connectivity index (χ3v) is 3.35. The van der Waals surface area contributed by atoms with Crippen LogP contribution in [0.3, 0.4) is 0 Å². The molecular weight excluding hydrogens is 246 g/mol. The van der Waals surface area contributed by atoms with Gasteiger partial charge in [0.05, 0.1) is 30.6 Å². The first-order chi connectivity index (χ1) is 9.04. The molecule has 0 aromatic carbocycles. The molecule has 104 valence electrons. The van der Waals surface area contributed by atoms with Crippen molar-refractivity contribution in [3.63, 3.8) is 0 Å². The molecule has 19 heavy (non-hydrogen) atoms. The number of aromatic nitrogens is 2. The lowest BCUT2D eigenvalue weighted by atomic mass is 10.1. The molecule has 1 aromatic heterocycles. The van der Waals surface area contributed by atoms with Gasteiger partial charge in [-0.15, -0.1) is 5.10 Å². The second kappa shape index (κ2) is 5.50. The fourth-order valence-electron chi connectivity index (χ4n) is 2.16. The number of nitrogen functional groups attached to an aromatic ring is 1. The highest BCUT2D eigenvalue weighted by molar-refractivity contribution is 6.01. The zero-order valence-electron chi connectivity index (χ0n) is 11.2. The normalized spacial score (nSPS) is 19.5. The van der Waals surface area contributed by atoms with Crippen molar-refractivity contribution >= 4 is 11.7 Å². The summed E-state index contributed by atoms with van der Waals surface area (Å²) >= 11 is 0. The van der Waals surface area contributed by atoms with Crippen LogP contribution in [0.5, 0.6) is 0 Å². The van der Waals surface area contributed by atoms with Crippen LogP contribution in [0, 0.1) is 19.3 Å². The summed E-state index contributed by atoms with van der Waals surface area (Å²) in [4.78, 5) is 1.96. The monoisotopic (exact) mass is 265 g/mol. The number of morpholine rings is 1. The lowest BCUT2D eigenvalue weighted by Crippen LogP contribution is -2.45. The molecule has 2 heterocycles. The lowest BCUT2D eigenvalue weighted by Gasteiger charge is -2.33. The molecule has 0 saturated carbocycles. The van der Waals surface area contributed by atoms with Crippen molar-refractivity contribution in [1.82, 2.24) is 10.2 Å². The van der Waals surface area contributed by atoms with E-state index in [4.69, 9.17) is 15.9 Å². The van der Waals surface area contributed by atoms with Crippen molar-refractivity contribution < 1.29 is 9.84 Å². The van der Waals surface area contributed by atoms with E-state index >= 15 is 0 Å². The van der Waals surface area contributed by atoms with Gasteiger partial charge in [0.15, 0.2) is 5.82 Å². The topological polar surface area (TPSA) is 108 Å². The zero-order chi connectivity index (χ0) is 14.0. The highest BCUT2D eigenvalue weighted by Crippen LogP contribution is 2.23. The maximum Gasteiger partial charge on any atom is 0.162 e. The van der Waals surface area contributed by atoms with Gasteiger partial charge in [-0.3, -0.25) is 5.41 Å². The van der Waals surface area contributed by atoms with Crippen molar-refractivity contribution in [3.05, 3.63) is 16.8 Å². The number of amidine groups is 1. The predicted molar refractivity (Wildman–Crippen MR) is 71.6 cm³/mol. The molecule has 1 saturated heterocycles. The van der Waals surface area contributed by atoms with E-state index in [9.17, 15) is 5.11 Å². The van der Waals surface area contributed by atoms with Crippen molar-refractivity contribution in [2.45, 2.75) is 20.0 Å². The Kier molecular flexibility index (Phi) is 3.96. The van der Waals surface area contributed by atoms with Gasteiger partial charge in [0.1, 0.15) is 5.84 Å². The molecule has 0 aliphatic carbocycles. The average Bonchev–Trinajstić information content (AvgIpc) is 2.41. The van der Waals surface area contributed by atoms with Gasteiger partial charge in [0.2, 0.25) is 0 Å². The summed E-state index contributed by atoms with van der Waals surface area (Å²) in [6, 6.07) is 0. The van der Waals surface area contributed by atoms with Crippen molar-refractivity contribution in [3.8, 4) is 0 Å². The summed E-state index contributed by atoms with van der Waals surface area (Å²) in [6.45, 7) is 5.37. The van der Waals surface area contributed by atoms with Crippen LogP contribution in [0.15, 0.2) is 0 Å². The number of aliphatic hydroxyl groups excluding tert-OH is 1. The molecule has 7 nitrogen and oxygen atoms in total. The second-order valence-electron chi connectivity index (χ2n) is 4.64. The van der Waals surface area contributed by atoms with Crippen molar-refractivity contribution in [2.24, 2.45) is 5.73 Å². The molecule has 1 aliphatic rings. The largest absolute Gasteiger partial charge is 0.394 e. The van der Waals surface area contributed by atoms with E-state index in [-0.39, 0.29) is 18.5 Å². The molecule has 2 rings (SSSR count). The molecule has 1 unspecified atom stereocenters. The standard InChI is InChI=1S/C12H19N5O2/c1-7-8(2)15-16-12(10(7)11(13)14)17-3-4-19-9(5-17)6-18/h9,18H,3-6H2,1-2H3,(H3,13,14). The number of anilines is 1.